The normalized spacial score (nSPS) is 28.5. The Balaban J connectivity index is 1.85. The zero-order valence-electron chi connectivity index (χ0n) is 16.2. The maximum absolute atomic E-state index is 13.1. The fourth-order valence-corrected chi connectivity index (χ4v) is 4.64. The van der Waals surface area contributed by atoms with Gasteiger partial charge >= 0.3 is 5.97 Å². The number of methoxy groups -OCH3 is 1. The third-order valence-electron chi connectivity index (χ3n) is 6.00. The number of esters is 1. The largest absolute Gasteiger partial charge is 0.508 e. The van der Waals surface area contributed by atoms with Gasteiger partial charge in [0, 0.05) is 19.5 Å². The minimum absolute atomic E-state index is 0.0951. The summed E-state index contributed by atoms with van der Waals surface area (Å²) >= 11 is 0. The zero-order valence-corrected chi connectivity index (χ0v) is 16.2. The van der Waals surface area contributed by atoms with E-state index in [1.165, 1.54) is 26.3 Å². The number of likely N-dealkylation sites (tertiary alicyclic amines) is 1. The molecule has 0 spiro atoms. The molecule has 2 saturated heterocycles. The van der Waals surface area contributed by atoms with E-state index < -0.39 is 35.3 Å². The van der Waals surface area contributed by atoms with E-state index in [0.29, 0.717) is 5.56 Å². The van der Waals surface area contributed by atoms with Crippen molar-refractivity contribution >= 4 is 17.8 Å². The van der Waals surface area contributed by atoms with Crippen molar-refractivity contribution in [1.82, 2.24) is 10.2 Å². The smallest absolute Gasteiger partial charge is 0.327 e. The SMILES string of the molecule is COC(=O)[C@]1(Cc2ccccc2)N[C@@H](c2ccc(O)cc2)[C@H]2C(=O)N(C)C(=O)[C@H]21. The molecule has 0 radical (unpaired) electrons. The first-order valence-corrected chi connectivity index (χ1v) is 9.39. The van der Waals surface area contributed by atoms with Crippen LogP contribution in [0.4, 0.5) is 0 Å². The standard InChI is InChI=1S/C22H22N2O5/c1-24-19(26)16-17(20(24)27)22(21(28)29-2,12-13-6-4-3-5-7-13)23-18(16)14-8-10-15(25)11-9-14/h3-11,16-18,23,25H,12H2,1-2H3/t16-,17-,18-,22+/m0/s1. The monoisotopic (exact) mass is 394 g/mol. The quantitative estimate of drug-likeness (QED) is 0.602. The Kier molecular flexibility index (Phi) is 4.62. The molecule has 2 aliphatic heterocycles. The average Bonchev–Trinajstić information content (AvgIpc) is 3.19. The number of fused-ring (bicyclic) bond motifs is 1. The van der Waals surface area contributed by atoms with E-state index in [4.69, 9.17) is 4.74 Å². The van der Waals surface area contributed by atoms with Gasteiger partial charge in [0.2, 0.25) is 11.8 Å². The first-order chi connectivity index (χ1) is 13.9. The van der Waals surface area contributed by atoms with Crippen LogP contribution in [0.2, 0.25) is 0 Å². The average molecular weight is 394 g/mol. The number of amides is 2. The molecule has 4 atom stereocenters. The third-order valence-corrected chi connectivity index (χ3v) is 6.00. The number of ether oxygens (including phenoxy) is 1. The van der Waals surface area contributed by atoms with E-state index in [9.17, 15) is 19.5 Å². The van der Waals surface area contributed by atoms with Crippen LogP contribution in [0.3, 0.4) is 0 Å². The number of imide groups is 1. The molecule has 29 heavy (non-hydrogen) atoms. The number of carbonyl (C=O) groups is 3. The Hall–Kier alpha value is -3.19. The number of nitrogens with one attached hydrogen (secondary N) is 1. The first-order valence-electron chi connectivity index (χ1n) is 9.39. The van der Waals surface area contributed by atoms with Gasteiger partial charge in [0.15, 0.2) is 0 Å². The molecule has 2 aliphatic rings. The van der Waals surface area contributed by atoms with E-state index >= 15 is 0 Å². The molecule has 2 aromatic rings. The molecule has 2 amide bonds. The van der Waals surface area contributed by atoms with Crippen LogP contribution in [0.25, 0.3) is 0 Å². The number of phenolic OH excluding ortho intramolecular Hbond substituents is 1. The number of aromatic hydroxyl groups is 1. The number of rotatable bonds is 4. The van der Waals surface area contributed by atoms with Crippen molar-refractivity contribution in [2.24, 2.45) is 11.8 Å². The highest BCUT2D eigenvalue weighted by Crippen LogP contribution is 2.50. The lowest BCUT2D eigenvalue weighted by Gasteiger charge is -2.32. The molecule has 2 aromatic carbocycles. The molecular formula is C22H22N2O5. The molecule has 2 N–H and O–H groups in total. The molecule has 4 rings (SSSR count). The Labute approximate surface area is 168 Å². The summed E-state index contributed by atoms with van der Waals surface area (Å²) in [5, 5.41) is 12.9. The van der Waals surface area contributed by atoms with Gasteiger partial charge in [-0.05, 0) is 23.3 Å². The van der Waals surface area contributed by atoms with Crippen LogP contribution in [-0.2, 0) is 25.5 Å². The molecule has 2 heterocycles. The number of hydrogen-bond acceptors (Lipinski definition) is 6. The molecular weight excluding hydrogens is 372 g/mol. The summed E-state index contributed by atoms with van der Waals surface area (Å²) in [7, 11) is 2.73. The molecule has 150 valence electrons. The fourth-order valence-electron chi connectivity index (χ4n) is 4.64. The molecule has 0 saturated carbocycles. The van der Waals surface area contributed by atoms with E-state index in [1.54, 1.807) is 12.1 Å². The van der Waals surface area contributed by atoms with Gasteiger partial charge in [-0.1, -0.05) is 42.5 Å². The zero-order chi connectivity index (χ0) is 20.8. The summed E-state index contributed by atoms with van der Waals surface area (Å²) in [6.07, 6.45) is 0.211. The maximum Gasteiger partial charge on any atom is 0.327 e. The van der Waals surface area contributed by atoms with Gasteiger partial charge in [-0.3, -0.25) is 24.6 Å². The number of phenols is 1. The highest BCUT2D eigenvalue weighted by atomic mass is 16.5. The van der Waals surface area contributed by atoms with E-state index in [2.05, 4.69) is 5.32 Å². The van der Waals surface area contributed by atoms with Gasteiger partial charge in [-0.25, -0.2) is 0 Å². The van der Waals surface area contributed by atoms with Gasteiger partial charge in [0.1, 0.15) is 11.3 Å². The number of benzene rings is 2. The van der Waals surface area contributed by atoms with Crippen LogP contribution >= 0.6 is 0 Å². The lowest BCUT2D eigenvalue weighted by molar-refractivity contribution is -0.153. The molecule has 0 aromatic heterocycles. The number of nitrogens with zero attached hydrogens (tertiary/aromatic N) is 1. The van der Waals surface area contributed by atoms with Crippen LogP contribution in [0.15, 0.2) is 54.6 Å². The number of carbonyl (C=O) groups excluding carboxylic acids is 3. The summed E-state index contributed by atoms with van der Waals surface area (Å²) < 4.78 is 5.12. The molecule has 7 heteroatoms. The predicted octanol–water partition coefficient (Wildman–Crippen LogP) is 1.42. The second kappa shape index (κ2) is 7.00. The molecule has 0 unspecified atom stereocenters. The van der Waals surface area contributed by atoms with Crippen LogP contribution in [0.5, 0.6) is 5.75 Å². The first kappa shape index (κ1) is 19.1. The molecule has 0 bridgehead atoms. The second-order valence-corrected chi connectivity index (χ2v) is 7.58. The van der Waals surface area contributed by atoms with Crippen molar-refractivity contribution in [3.05, 3.63) is 65.7 Å². The van der Waals surface area contributed by atoms with Crippen molar-refractivity contribution < 1.29 is 24.2 Å². The highest BCUT2D eigenvalue weighted by molar-refractivity contribution is 6.09. The van der Waals surface area contributed by atoms with Crippen molar-refractivity contribution in [3.63, 3.8) is 0 Å². The minimum atomic E-state index is -1.37. The predicted molar refractivity (Wildman–Crippen MR) is 104 cm³/mol. The lowest BCUT2D eigenvalue weighted by Crippen LogP contribution is -2.57. The van der Waals surface area contributed by atoms with Crippen molar-refractivity contribution in [2.75, 3.05) is 14.2 Å². The fraction of sp³-hybridized carbons (Fsp3) is 0.318. The minimum Gasteiger partial charge on any atom is -0.508 e. The van der Waals surface area contributed by atoms with Crippen molar-refractivity contribution in [3.8, 4) is 5.75 Å². The third kappa shape index (κ3) is 2.89. The summed E-state index contributed by atoms with van der Waals surface area (Å²) in [4.78, 5) is 40.2. The summed E-state index contributed by atoms with van der Waals surface area (Å²) in [6.45, 7) is 0. The van der Waals surface area contributed by atoms with Crippen LogP contribution in [0, 0.1) is 11.8 Å². The van der Waals surface area contributed by atoms with E-state index in [1.807, 2.05) is 30.3 Å². The topological polar surface area (TPSA) is 95.9 Å². The van der Waals surface area contributed by atoms with E-state index in [-0.39, 0.29) is 18.1 Å². The van der Waals surface area contributed by atoms with Crippen molar-refractivity contribution in [1.29, 1.82) is 0 Å². The van der Waals surface area contributed by atoms with Crippen LogP contribution < -0.4 is 5.32 Å². The molecule has 7 nitrogen and oxygen atoms in total. The van der Waals surface area contributed by atoms with Crippen LogP contribution in [0.1, 0.15) is 17.2 Å². The van der Waals surface area contributed by atoms with E-state index in [0.717, 1.165) is 10.5 Å². The Morgan fingerprint density at radius 3 is 2.38 bits per heavy atom. The summed E-state index contributed by atoms with van der Waals surface area (Å²) in [6, 6.07) is 15.2. The molecule has 0 aliphatic carbocycles. The Morgan fingerprint density at radius 1 is 1.10 bits per heavy atom. The highest BCUT2D eigenvalue weighted by Gasteiger charge is 2.68. The van der Waals surface area contributed by atoms with Gasteiger partial charge in [-0.2, -0.15) is 0 Å². The van der Waals surface area contributed by atoms with Gasteiger partial charge in [-0.15, -0.1) is 0 Å². The van der Waals surface area contributed by atoms with Crippen molar-refractivity contribution in [2.45, 2.75) is 18.0 Å². The number of hydrogen-bond donors (Lipinski definition) is 2. The summed E-state index contributed by atoms with van der Waals surface area (Å²) in [5.41, 5.74) is 0.194. The molecule has 2 fully saturated rings. The lowest BCUT2D eigenvalue weighted by atomic mass is 9.76. The van der Waals surface area contributed by atoms with Gasteiger partial charge in [0.25, 0.3) is 0 Å². The Bertz CT molecular complexity index is 959. The second-order valence-electron chi connectivity index (χ2n) is 7.58. The van der Waals surface area contributed by atoms with Gasteiger partial charge in [0.05, 0.1) is 18.9 Å². The van der Waals surface area contributed by atoms with Gasteiger partial charge < -0.3 is 9.84 Å². The summed E-state index contributed by atoms with van der Waals surface area (Å²) in [5.74, 6) is -2.82. The maximum atomic E-state index is 13.1. The Morgan fingerprint density at radius 2 is 1.76 bits per heavy atom. The van der Waals surface area contributed by atoms with Crippen LogP contribution in [-0.4, -0.2) is 47.5 Å².